The first-order valence-electron chi connectivity index (χ1n) is 6.38. The van der Waals surface area contributed by atoms with Crippen molar-refractivity contribution in [3.8, 4) is 0 Å². The number of sulfonamides is 1. The number of ether oxygens (including phenoxy) is 1. The third-order valence-electron chi connectivity index (χ3n) is 2.77. The van der Waals surface area contributed by atoms with Crippen LogP contribution in [0.25, 0.3) is 0 Å². The molecule has 0 aliphatic heterocycles. The second-order valence-electron chi connectivity index (χ2n) is 4.48. The first-order chi connectivity index (χ1) is 9.40. The van der Waals surface area contributed by atoms with Gasteiger partial charge in [-0.1, -0.05) is 6.92 Å². The standard InChI is InChI=1S/C13H22N2O4S/c1-4-14-20(17,18)13-7-5-11(6-8-13)15(2)9-12(16)10-19-3/h5-8,12,14,16H,4,9-10H2,1-3H3. The smallest absolute Gasteiger partial charge is 0.240 e. The van der Waals surface area contributed by atoms with Crippen LogP contribution in [-0.2, 0) is 14.8 Å². The number of benzene rings is 1. The van der Waals surface area contributed by atoms with E-state index in [1.807, 2.05) is 11.9 Å². The number of hydrogen-bond acceptors (Lipinski definition) is 5. The highest BCUT2D eigenvalue weighted by Gasteiger charge is 2.13. The molecule has 1 rings (SSSR count). The number of nitrogens with one attached hydrogen (secondary N) is 1. The molecule has 6 nitrogen and oxygen atoms in total. The van der Waals surface area contributed by atoms with E-state index in [-0.39, 0.29) is 11.5 Å². The summed E-state index contributed by atoms with van der Waals surface area (Å²) in [5.41, 5.74) is 0.829. The number of methoxy groups -OCH3 is 1. The van der Waals surface area contributed by atoms with Gasteiger partial charge in [-0.3, -0.25) is 0 Å². The van der Waals surface area contributed by atoms with E-state index in [1.165, 1.54) is 7.11 Å². The number of anilines is 1. The first kappa shape index (κ1) is 16.9. The second-order valence-corrected chi connectivity index (χ2v) is 6.25. The van der Waals surface area contributed by atoms with Gasteiger partial charge in [0.15, 0.2) is 0 Å². The number of hydrogen-bond donors (Lipinski definition) is 2. The fourth-order valence-electron chi connectivity index (χ4n) is 1.82. The van der Waals surface area contributed by atoms with Crippen molar-refractivity contribution >= 4 is 15.7 Å². The highest BCUT2D eigenvalue weighted by atomic mass is 32.2. The van der Waals surface area contributed by atoms with Gasteiger partial charge in [-0.05, 0) is 24.3 Å². The predicted molar refractivity (Wildman–Crippen MR) is 78.5 cm³/mol. The van der Waals surface area contributed by atoms with Crippen LogP contribution in [-0.4, -0.2) is 53.5 Å². The summed E-state index contributed by atoms with van der Waals surface area (Å²) in [6, 6.07) is 6.52. The van der Waals surface area contributed by atoms with Crippen molar-refractivity contribution in [3.63, 3.8) is 0 Å². The molecule has 0 aromatic heterocycles. The van der Waals surface area contributed by atoms with E-state index in [4.69, 9.17) is 4.74 Å². The summed E-state index contributed by atoms with van der Waals surface area (Å²) in [6.07, 6.45) is -0.588. The molecule has 1 aromatic carbocycles. The lowest BCUT2D eigenvalue weighted by Crippen LogP contribution is -2.31. The molecule has 20 heavy (non-hydrogen) atoms. The van der Waals surface area contributed by atoms with Crippen molar-refractivity contribution in [1.29, 1.82) is 0 Å². The van der Waals surface area contributed by atoms with Crippen LogP contribution in [0.3, 0.4) is 0 Å². The van der Waals surface area contributed by atoms with Gasteiger partial charge in [-0.25, -0.2) is 13.1 Å². The molecule has 0 spiro atoms. The molecule has 1 unspecified atom stereocenters. The van der Waals surface area contributed by atoms with Crippen molar-refractivity contribution in [2.75, 3.05) is 38.8 Å². The van der Waals surface area contributed by atoms with Gasteiger partial charge in [-0.2, -0.15) is 0 Å². The molecule has 114 valence electrons. The normalized spacial score (nSPS) is 13.2. The van der Waals surface area contributed by atoms with Gasteiger partial charge in [0.05, 0.1) is 17.6 Å². The third kappa shape index (κ3) is 4.75. The highest BCUT2D eigenvalue weighted by molar-refractivity contribution is 7.89. The average molecular weight is 302 g/mol. The van der Waals surface area contributed by atoms with E-state index >= 15 is 0 Å². The fourth-order valence-corrected chi connectivity index (χ4v) is 2.86. The van der Waals surface area contributed by atoms with Gasteiger partial charge in [0.25, 0.3) is 0 Å². The Balaban J connectivity index is 2.76. The molecular formula is C13H22N2O4S. The van der Waals surface area contributed by atoms with Gasteiger partial charge in [0, 0.05) is 32.9 Å². The second kappa shape index (κ2) is 7.58. The van der Waals surface area contributed by atoms with Crippen molar-refractivity contribution in [1.82, 2.24) is 4.72 Å². The minimum atomic E-state index is -3.42. The Hall–Kier alpha value is -1.15. The maximum Gasteiger partial charge on any atom is 0.240 e. The quantitative estimate of drug-likeness (QED) is 0.728. The summed E-state index contributed by atoms with van der Waals surface area (Å²) in [7, 11) is -0.0650. The monoisotopic (exact) mass is 302 g/mol. The minimum Gasteiger partial charge on any atom is -0.389 e. The molecule has 0 bridgehead atoms. The molecule has 2 N–H and O–H groups in total. The number of likely N-dealkylation sites (N-methyl/N-ethyl adjacent to an activating group) is 1. The van der Waals surface area contributed by atoms with E-state index in [2.05, 4.69) is 4.72 Å². The lowest BCUT2D eigenvalue weighted by atomic mass is 10.2. The Kier molecular flexibility index (Phi) is 6.41. The summed E-state index contributed by atoms with van der Waals surface area (Å²) in [4.78, 5) is 2.07. The summed E-state index contributed by atoms with van der Waals surface area (Å²) in [5.74, 6) is 0. The minimum absolute atomic E-state index is 0.230. The Labute approximate surface area is 120 Å². The molecule has 1 aromatic rings. The van der Waals surface area contributed by atoms with Gasteiger partial charge in [-0.15, -0.1) is 0 Å². The Bertz CT molecular complexity index is 502. The van der Waals surface area contributed by atoms with Crippen LogP contribution >= 0.6 is 0 Å². The Morgan fingerprint density at radius 2 is 1.95 bits per heavy atom. The Morgan fingerprint density at radius 1 is 1.35 bits per heavy atom. The van der Waals surface area contributed by atoms with Crippen molar-refractivity contribution < 1.29 is 18.3 Å². The van der Waals surface area contributed by atoms with Crippen LogP contribution in [0.15, 0.2) is 29.2 Å². The van der Waals surface area contributed by atoms with Crippen molar-refractivity contribution in [2.45, 2.75) is 17.9 Å². The molecule has 0 amide bonds. The number of nitrogens with zero attached hydrogens (tertiary/aromatic N) is 1. The van der Waals surface area contributed by atoms with Gasteiger partial charge >= 0.3 is 0 Å². The summed E-state index contributed by atoms with van der Waals surface area (Å²) >= 11 is 0. The largest absolute Gasteiger partial charge is 0.389 e. The number of aliphatic hydroxyl groups excluding tert-OH is 1. The lowest BCUT2D eigenvalue weighted by molar-refractivity contribution is 0.0695. The third-order valence-corrected chi connectivity index (χ3v) is 4.33. The van der Waals surface area contributed by atoms with Crippen LogP contribution in [0.2, 0.25) is 0 Å². The van der Waals surface area contributed by atoms with E-state index in [0.717, 1.165) is 5.69 Å². The Morgan fingerprint density at radius 3 is 2.45 bits per heavy atom. The van der Waals surface area contributed by atoms with Crippen LogP contribution in [0, 0.1) is 0 Å². The maximum atomic E-state index is 11.8. The molecule has 0 aliphatic carbocycles. The first-order valence-corrected chi connectivity index (χ1v) is 7.87. The van der Waals surface area contributed by atoms with Crippen molar-refractivity contribution in [3.05, 3.63) is 24.3 Å². The van der Waals surface area contributed by atoms with Gasteiger partial charge < -0.3 is 14.7 Å². The number of aliphatic hydroxyl groups is 1. The molecule has 0 saturated heterocycles. The van der Waals surface area contributed by atoms with Crippen LogP contribution in [0.4, 0.5) is 5.69 Å². The number of rotatable bonds is 8. The molecular weight excluding hydrogens is 280 g/mol. The molecule has 0 aliphatic rings. The topological polar surface area (TPSA) is 78.9 Å². The van der Waals surface area contributed by atoms with E-state index in [9.17, 15) is 13.5 Å². The van der Waals surface area contributed by atoms with Crippen molar-refractivity contribution in [2.24, 2.45) is 0 Å². The SMILES string of the molecule is CCNS(=O)(=O)c1ccc(N(C)CC(O)COC)cc1. The average Bonchev–Trinajstić information content (AvgIpc) is 2.39. The van der Waals surface area contributed by atoms with Crippen LogP contribution in [0.1, 0.15) is 6.92 Å². The van der Waals surface area contributed by atoms with Gasteiger partial charge in [0.2, 0.25) is 10.0 Å². The zero-order valence-corrected chi connectivity index (χ0v) is 12.9. The molecule has 7 heteroatoms. The van der Waals surface area contributed by atoms with E-state index < -0.39 is 16.1 Å². The molecule has 0 saturated carbocycles. The summed E-state index contributed by atoms with van der Waals surface area (Å²) in [6.45, 7) is 2.76. The molecule has 0 heterocycles. The fraction of sp³-hybridized carbons (Fsp3) is 0.538. The lowest BCUT2D eigenvalue weighted by Gasteiger charge is -2.22. The van der Waals surface area contributed by atoms with Crippen LogP contribution in [0.5, 0.6) is 0 Å². The molecule has 1 atom stereocenters. The van der Waals surface area contributed by atoms with Crippen LogP contribution < -0.4 is 9.62 Å². The summed E-state index contributed by atoms with van der Waals surface area (Å²) < 4.78 is 30.9. The van der Waals surface area contributed by atoms with Gasteiger partial charge in [0.1, 0.15) is 0 Å². The van der Waals surface area contributed by atoms with E-state index in [0.29, 0.717) is 13.1 Å². The zero-order valence-electron chi connectivity index (χ0n) is 12.0. The highest BCUT2D eigenvalue weighted by Crippen LogP contribution is 2.17. The van der Waals surface area contributed by atoms with E-state index in [1.54, 1.807) is 31.2 Å². The summed E-state index contributed by atoms with van der Waals surface area (Å²) in [5, 5.41) is 9.66. The zero-order chi connectivity index (χ0) is 15.2. The predicted octanol–water partition coefficient (Wildman–Crippen LogP) is 0.428. The maximum absolute atomic E-state index is 11.8. The molecule has 0 fully saturated rings. The molecule has 0 radical (unpaired) electrons.